The van der Waals surface area contributed by atoms with E-state index in [1.165, 1.54) is 0 Å². The maximum absolute atomic E-state index is 12.7. The molecule has 10 heteroatoms. The Labute approximate surface area is 169 Å². The van der Waals surface area contributed by atoms with Crippen LogP contribution in [-0.2, 0) is 20.7 Å². The lowest BCUT2D eigenvalue weighted by Gasteiger charge is -2.40. The Balaban J connectivity index is 1.77. The van der Waals surface area contributed by atoms with Crippen molar-refractivity contribution >= 4 is 11.9 Å². The Bertz CT molecular complexity index is 723. The molecule has 29 heavy (non-hydrogen) atoms. The van der Waals surface area contributed by atoms with Gasteiger partial charge in [-0.25, -0.2) is 10.1 Å². The summed E-state index contributed by atoms with van der Waals surface area (Å²) < 4.78 is 11.0. The van der Waals surface area contributed by atoms with Crippen molar-refractivity contribution in [1.82, 2.24) is 15.1 Å². The van der Waals surface area contributed by atoms with Crippen LogP contribution in [0.15, 0.2) is 35.4 Å². The zero-order chi connectivity index (χ0) is 20.6. The van der Waals surface area contributed by atoms with E-state index >= 15 is 0 Å². The minimum atomic E-state index is -0.715. The molecule has 2 saturated heterocycles. The van der Waals surface area contributed by atoms with Gasteiger partial charge in [-0.05, 0) is 31.7 Å². The number of hydrazone groups is 1. The molecule has 0 aromatic heterocycles. The molecule has 0 saturated carbocycles. The van der Waals surface area contributed by atoms with Crippen molar-refractivity contribution < 1.29 is 19.3 Å². The molecule has 1 aromatic rings. The maximum atomic E-state index is 12.7. The first-order valence-corrected chi connectivity index (χ1v) is 9.85. The zero-order valence-corrected chi connectivity index (χ0v) is 16.5. The maximum Gasteiger partial charge on any atom is 0.323 e. The molecule has 2 aliphatic rings. The summed E-state index contributed by atoms with van der Waals surface area (Å²) in [6.07, 6.45) is 2.34. The lowest BCUT2D eigenvalue weighted by atomic mass is 10.0. The first-order chi connectivity index (χ1) is 14.1. The highest BCUT2D eigenvalue weighted by Crippen LogP contribution is 2.18. The second-order valence-corrected chi connectivity index (χ2v) is 7.04. The normalized spacial score (nSPS) is 22.3. The van der Waals surface area contributed by atoms with Crippen LogP contribution in [0.2, 0.25) is 0 Å². The average molecular weight is 405 g/mol. The van der Waals surface area contributed by atoms with Crippen molar-refractivity contribution in [3.63, 3.8) is 0 Å². The van der Waals surface area contributed by atoms with E-state index < -0.39 is 11.1 Å². The SMILES string of the molecule is CCOC(=O)C(Cc1ccccc1)N1CN/C(=N\[N+](=O)[O-])N(CC2CCCO2)C1. The first kappa shape index (κ1) is 21.0. The van der Waals surface area contributed by atoms with Gasteiger partial charge in [0.1, 0.15) is 11.1 Å². The molecule has 2 heterocycles. The van der Waals surface area contributed by atoms with Gasteiger partial charge in [0.05, 0.1) is 26.0 Å². The monoisotopic (exact) mass is 405 g/mol. The summed E-state index contributed by atoms with van der Waals surface area (Å²) >= 11 is 0. The number of nitrogens with one attached hydrogen (secondary N) is 1. The Kier molecular flexibility index (Phi) is 7.36. The van der Waals surface area contributed by atoms with Crippen LogP contribution in [0.4, 0.5) is 0 Å². The van der Waals surface area contributed by atoms with E-state index in [0.717, 1.165) is 18.4 Å². The fourth-order valence-corrected chi connectivity index (χ4v) is 3.62. The summed E-state index contributed by atoms with van der Waals surface area (Å²) in [6.45, 7) is 3.80. The standard InChI is InChI=1S/C19H27N5O5/c1-2-28-18(25)17(11-15-7-4-3-5-8-15)23-13-20-19(21-24(26)27)22(14-23)12-16-9-6-10-29-16/h3-5,7-8,16-17H,2,6,9-14H2,1H3,(H,20,21). The lowest BCUT2D eigenvalue weighted by Crippen LogP contribution is -2.62. The van der Waals surface area contributed by atoms with E-state index in [1.54, 1.807) is 11.8 Å². The van der Waals surface area contributed by atoms with Crippen molar-refractivity contribution in [3.8, 4) is 0 Å². The highest BCUT2D eigenvalue weighted by Gasteiger charge is 2.35. The molecule has 2 fully saturated rings. The summed E-state index contributed by atoms with van der Waals surface area (Å²) in [7, 11) is 0. The van der Waals surface area contributed by atoms with Gasteiger partial charge in [-0.3, -0.25) is 9.69 Å². The van der Waals surface area contributed by atoms with Crippen LogP contribution < -0.4 is 5.32 Å². The second-order valence-electron chi connectivity index (χ2n) is 7.04. The van der Waals surface area contributed by atoms with Crippen molar-refractivity contribution in [1.29, 1.82) is 0 Å². The number of nitro groups is 1. The van der Waals surface area contributed by atoms with Gasteiger partial charge < -0.3 is 19.7 Å². The molecule has 10 nitrogen and oxygen atoms in total. The Morgan fingerprint density at radius 2 is 2.24 bits per heavy atom. The number of guanidine groups is 1. The number of esters is 1. The van der Waals surface area contributed by atoms with E-state index in [4.69, 9.17) is 9.47 Å². The highest BCUT2D eigenvalue weighted by molar-refractivity contribution is 5.81. The molecule has 1 aromatic carbocycles. The molecule has 0 spiro atoms. The predicted molar refractivity (Wildman–Crippen MR) is 105 cm³/mol. The molecule has 1 N–H and O–H groups in total. The minimum absolute atomic E-state index is 0.0103. The van der Waals surface area contributed by atoms with Crippen LogP contribution in [0.1, 0.15) is 25.3 Å². The molecule has 2 unspecified atom stereocenters. The molecule has 2 atom stereocenters. The number of benzene rings is 1. The van der Waals surface area contributed by atoms with E-state index in [1.807, 2.05) is 35.2 Å². The van der Waals surface area contributed by atoms with Gasteiger partial charge in [-0.1, -0.05) is 30.3 Å². The Morgan fingerprint density at radius 1 is 1.45 bits per heavy atom. The van der Waals surface area contributed by atoms with Crippen LogP contribution in [0.5, 0.6) is 0 Å². The van der Waals surface area contributed by atoms with Crippen molar-refractivity contribution in [2.24, 2.45) is 5.10 Å². The molecule has 2 aliphatic heterocycles. The number of carbonyl (C=O) groups is 1. The predicted octanol–water partition coefficient (Wildman–Crippen LogP) is 1.01. The molecule has 0 aliphatic carbocycles. The number of hydrogen-bond acceptors (Lipinski definition) is 6. The summed E-state index contributed by atoms with van der Waals surface area (Å²) in [6, 6.07) is 9.19. The largest absolute Gasteiger partial charge is 0.465 e. The van der Waals surface area contributed by atoms with Crippen molar-refractivity contribution in [2.75, 3.05) is 33.1 Å². The van der Waals surface area contributed by atoms with Gasteiger partial charge >= 0.3 is 5.97 Å². The molecule has 0 bridgehead atoms. The molecular formula is C19H27N5O5. The van der Waals surface area contributed by atoms with Crippen LogP contribution in [0.3, 0.4) is 0 Å². The van der Waals surface area contributed by atoms with Gasteiger partial charge in [-0.15, -0.1) is 0 Å². The van der Waals surface area contributed by atoms with E-state index in [9.17, 15) is 14.9 Å². The number of carbonyl (C=O) groups excluding carboxylic acids is 1. The minimum Gasteiger partial charge on any atom is -0.465 e. The Morgan fingerprint density at radius 3 is 2.90 bits per heavy atom. The summed E-state index contributed by atoms with van der Waals surface area (Å²) in [4.78, 5) is 27.3. The fourth-order valence-electron chi connectivity index (χ4n) is 3.62. The fraction of sp³-hybridized carbons (Fsp3) is 0.579. The van der Waals surface area contributed by atoms with Gasteiger partial charge in [0.25, 0.3) is 5.96 Å². The number of rotatable bonds is 8. The van der Waals surface area contributed by atoms with Crippen LogP contribution in [0, 0.1) is 10.1 Å². The molecular weight excluding hydrogens is 378 g/mol. The van der Waals surface area contributed by atoms with Gasteiger partial charge in [-0.2, -0.15) is 0 Å². The molecule has 3 rings (SSSR count). The zero-order valence-electron chi connectivity index (χ0n) is 16.5. The third-order valence-electron chi connectivity index (χ3n) is 4.99. The van der Waals surface area contributed by atoms with Crippen molar-refractivity contribution in [2.45, 2.75) is 38.3 Å². The van der Waals surface area contributed by atoms with E-state index in [-0.39, 0.29) is 24.7 Å². The van der Waals surface area contributed by atoms with Gasteiger partial charge in [0.2, 0.25) is 0 Å². The van der Waals surface area contributed by atoms with Gasteiger partial charge in [0, 0.05) is 13.2 Å². The first-order valence-electron chi connectivity index (χ1n) is 9.85. The lowest BCUT2D eigenvalue weighted by molar-refractivity contribution is -0.486. The van der Waals surface area contributed by atoms with E-state index in [0.29, 0.717) is 32.8 Å². The number of hydrogen-bond donors (Lipinski definition) is 1. The van der Waals surface area contributed by atoms with Crippen LogP contribution in [0.25, 0.3) is 0 Å². The topological polar surface area (TPSA) is 110 Å². The molecule has 0 radical (unpaired) electrons. The molecule has 0 amide bonds. The third-order valence-corrected chi connectivity index (χ3v) is 4.99. The Hall–Kier alpha value is -2.72. The molecule has 158 valence electrons. The summed E-state index contributed by atoms with van der Waals surface area (Å²) in [5, 5.41) is 16.7. The average Bonchev–Trinajstić information content (AvgIpc) is 3.21. The highest BCUT2D eigenvalue weighted by atomic mass is 16.7. The van der Waals surface area contributed by atoms with Crippen molar-refractivity contribution in [3.05, 3.63) is 46.0 Å². The summed E-state index contributed by atoms with van der Waals surface area (Å²) in [5.41, 5.74) is 1.01. The third kappa shape index (κ3) is 5.88. The van der Waals surface area contributed by atoms with Gasteiger partial charge in [0.15, 0.2) is 5.03 Å². The smallest absolute Gasteiger partial charge is 0.323 e. The quantitative estimate of drug-likeness (QED) is 0.388. The second kappa shape index (κ2) is 10.2. The number of ether oxygens (including phenoxy) is 2. The van der Waals surface area contributed by atoms with Crippen LogP contribution >= 0.6 is 0 Å². The van der Waals surface area contributed by atoms with Crippen LogP contribution in [-0.4, -0.2) is 72.0 Å². The summed E-state index contributed by atoms with van der Waals surface area (Å²) in [5.74, 6) is -0.131. The van der Waals surface area contributed by atoms with E-state index in [2.05, 4.69) is 10.4 Å². The number of nitrogens with zero attached hydrogens (tertiary/aromatic N) is 4.